The third kappa shape index (κ3) is 6.36. The summed E-state index contributed by atoms with van der Waals surface area (Å²) in [6.07, 6.45) is 6.20. The minimum atomic E-state index is -0.441. The molecule has 0 unspecified atom stereocenters. The van der Waals surface area contributed by atoms with Gasteiger partial charge in [0.1, 0.15) is 5.82 Å². The number of halogens is 1. The average Bonchev–Trinajstić information content (AvgIpc) is 2.75. The lowest BCUT2D eigenvalue weighted by atomic mass is 9.80. The van der Waals surface area contributed by atoms with Gasteiger partial charge in [-0.3, -0.25) is 14.6 Å². The topological polar surface area (TPSA) is 85.1 Å². The number of hydrogen-bond donors (Lipinski definition) is 2. The molecule has 2 amide bonds. The quantitative estimate of drug-likeness (QED) is 0.659. The van der Waals surface area contributed by atoms with Gasteiger partial charge < -0.3 is 11.1 Å². The van der Waals surface area contributed by atoms with Crippen molar-refractivity contribution in [2.45, 2.75) is 64.7 Å². The molecule has 0 saturated heterocycles. The fraction of sp³-hybridized carbons (Fsp3) is 0.480. The summed E-state index contributed by atoms with van der Waals surface area (Å²) in [4.78, 5) is 28.2. The molecule has 1 saturated carbocycles. The molecule has 1 aromatic heterocycles. The molecule has 3 rings (SSSR count). The zero-order chi connectivity index (χ0) is 22.4. The van der Waals surface area contributed by atoms with Crippen molar-refractivity contribution >= 4 is 11.8 Å². The number of primary amides is 1. The summed E-state index contributed by atoms with van der Waals surface area (Å²) in [6.45, 7) is 4.30. The molecule has 5 nitrogen and oxygen atoms in total. The summed E-state index contributed by atoms with van der Waals surface area (Å²) in [5, 5.41) is 3.08. The SMILES string of the molecule is Cc1cc(CCCC(=O)NCC2CCC(c3ccc(C(N)=O)c(C)n3)CC2)ccc1F. The van der Waals surface area contributed by atoms with Gasteiger partial charge in [-0.05, 0) is 87.6 Å². The normalized spacial score (nSPS) is 18.5. The molecular formula is C25H32FN3O2. The van der Waals surface area contributed by atoms with Crippen LogP contribution in [-0.4, -0.2) is 23.3 Å². The maximum Gasteiger partial charge on any atom is 0.250 e. The van der Waals surface area contributed by atoms with Gasteiger partial charge in [0.15, 0.2) is 0 Å². The Morgan fingerprint density at radius 2 is 1.87 bits per heavy atom. The van der Waals surface area contributed by atoms with E-state index in [9.17, 15) is 14.0 Å². The predicted octanol–water partition coefficient (Wildman–Crippen LogP) is 4.35. The van der Waals surface area contributed by atoms with E-state index in [-0.39, 0.29) is 11.7 Å². The summed E-state index contributed by atoms with van der Waals surface area (Å²) < 4.78 is 13.3. The van der Waals surface area contributed by atoms with E-state index in [1.807, 2.05) is 19.1 Å². The Kier molecular flexibility index (Phi) is 7.77. The summed E-state index contributed by atoms with van der Waals surface area (Å²) in [5.41, 5.74) is 9.28. The van der Waals surface area contributed by atoms with Crippen molar-refractivity contribution in [1.29, 1.82) is 0 Å². The molecule has 31 heavy (non-hydrogen) atoms. The maximum absolute atomic E-state index is 13.3. The van der Waals surface area contributed by atoms with Crippen LogP contribution in [0.3, 0.4) is 0 Å². The minimum absolute atomic E-state index is 0.0836. The molecule has 0 spiro atoms. The standard InChI is InChI=1S/C25H32FN3O2/c1-16-14-18(8-12-22(16)26)4-3-5-24(30)28-15-19-6-9-20(10-7-19)23-13-11-21(25(27)31)17(2)29-23/h8,11-14,19-20H,3-7,9-10,15H2,1-2H3,(H2,27,31)(H,28,30). The lowest BCUT2D eigenvalue weighted by molar-refractivity contribution is -0.121. The number of hydrogen-bond acceptors (Lipinski definition) is 3. The predicted molar refractivity (Wildman–Crippen MR) is 119 cm³/mol. The molecule has 0 radical (unpaired) electrons. The number of amides is 2. The van der Waals surface area contributed by atoms with E-state index in [0.29, 0.717) is 41.6 Å². The highest BCUT2D eigenvalue weighted by atomic mass is 19.1. The van der Waals surface area contributed by atoms with E-state index in [4.69, 9.17) is 5.73 Å². The lowest BCUT2D eigenvalue weighted by Gasteiger charge is -2.28. The third-order valence-electron chi connectivity index (χ3n) is 6.32. The van der Waals surface area contributed by atoms with Crippen LogP contribution in [0.25, 0.3) is 0 Å². The molecule has 1 aromatic carbocycles. The van der Waals surface area contributed by atoms with Crippen molar-refractivity contribution in [2.24, 2.45) is 11.7 Å². The molecule has 166 valence electrons. The van der Waals surface area contributed by atoms with Crippen LogP contribution < -0.4 is 11.1 Å². The fourth-order valence-electron chi connectivity index (χ4n) is 4.39. The van der Waals surface area contributed by atoms with Gasteiger partial charge in [0.05, 0.1) is 11.3 Å². The summed E-state index contributed by atoms with van der Waals surface area (Å²) in [7, 11) is 0. The van der Waals surface area contributed by atoms with Crippen LogP contribution in [0.4, 0.5) is 4.39 Å². The number of rotatable bonds is 8. The monoisotopic (exact) mass is 425 g/mol. The van der Waals surface area contributed by atoms with Crippen molar-refractivity contribution in [2.75, 3.05) is 6.54 Å². The number of nitrogens with two attached hydrogens (primary N) is 1. The van der Waals surface area contributed by atoms with Crippen molar-refractivity contribution in [3.8, 4) is 0 Å². The number of aromatic nitrogens is 1. The first-order valence-corrected chi connectivity index (χ1v) is 11.1. The first-order chi connectivity index (χ1) is 14.8. The second-order valence-corrected chi connectivity index (χ2v) is 8.69. The van der Waals surface area contributed by atoms with Crippen LogP contribution >= 0.6 is 0 Å². The molecule has 3 N–H and O–H groups in total. The number of pyridine rings is 1. The molecule has 0 atom stereocenters. The Labute approximate surface area is 183 Å². The molecule has 0 aliphatic heterocycles. The molecule has 1 aliphatic carbocycles. The van der Waals surface area contributed by atoms with Gasteiger partial charge in [-0.15, -0.1) is 0 Å². The molecule has 1 fully saturated rings. The van der Waals surface area contributed by atoms with Gasteiger partial charge in [-0.25, -0.2) is 4.39 Å². The number of carbonyl (C=O) groups excluding carboxylic acids is 2. The van der Waals surface area contributed by atoms with Crippen molar-refractivity contribution in [3.63, 3.8) is 0 Å². The van der Waals surface area contributed by atoms with Crippen LogP contribution in [0.2, 0.25) is 0 Å². The van der Waals surface area contributed by atoms with E-state index in [1.165, 1.54) is 6.07 Å². The number of carbonyl (C=O) groups is 2. The van der Waals surface area contributed by atoms with Gasteiger partial charge >= 0.3 is 0 Å². The van der Waals surface area contributed by atoms with Gasteiger partial charge in [0.2, 0.25) is 5.91 Å². The smallest absolute Gasteiger partial charge is 0.250 e. The number of benzene rings is 1. The van der Waals surface area contributed by atoms with Gasteiger partial charge in [0.25, 0.3) is 5.91 Å². The van der Waals surface area contributed by atoms with E-state index in [0.717, 1.165) is 49.8 Å². The van der Waals surface area contributed by atoms with Crippen LogP contribution in [-0.2, 0) is 11.2 Å². The highest BCUT2D eigenvalue weighted by Crippen LogP contribution is 2.35. The van der Waals surface area contributed by atoms with Gasteiger partial charge in [-0.2, -0.15) is 0 Å². The molecule has 1 heterocycles. The minimum Gasteiger partial charge on any atom is -0.366 e. The van der Waals surface area contributed by atoms with E-state index >= 15 is 0 Å². The van der Waals surface area contributed by atoms with Gasteiger partial charge in [-0.1, -0.05) is 12.1 Å². The molecule has 1 aliphatic rings. The van der Waals surface area contributed by atoms with E-state index in [1.54, 1.807) is 19.1 Å². The zero-order valence-corrected chi connectivity index (χ0v) is 18.4. The molecule has 0 bridgehead atoms. The number of nitrogens with zero attached hydrogens (tertiary/aromatic N) is 1. The first kappa shape index (κ1) is 22.9. The molecule has 2 aromatic rings. The summed E-state index contributed by atoms with van der Waals surface area (Å²) >= 11 is 0. The highest BCUT2D eigenvalue weighted by molar-refractivity contribution is 5.93. The Hall–Kier alpha value is -2.76. The third-order valence-corrected chi connectivity index (χ3v) is 6.32. The van der Waals surface area contributed by atoms with E-state index < -0.39 is 5.91 Å². The largest absolute Gasteiger partial charge is 0.366 e. The van der Waals surface area contributed by atoms with Crippen LogP contribution in [0.5, 0.6) is 0 Å². The summed E-state index contributed by atoms with van der Waals surface area (Å²) in [5.74, 6) is 0.339. The van der Waals surface area contributed by atoms with Crippen LogP contribution in [0, 0.1) is 25.6 Å². The molecule has 6 heteroatoms. The number of nitrogens with one attached hydrogen (secondary N) is 1. The Morgan fingerprint density at radius 3 is 2.52 bits per heavy atom. The Balaban J connectivity index is 1.37. The Morgan fingerprint density at radius 1 is 1.13 bits per heavy atom. The average molecular weight is 426 g/mol. The second kappa shape index (κ2) is 10.5. The zero-order valence-electron chi connectivity index (χ0n) is 18.4. The summed E-state index contributed by atoms with van der Waals surface area (Å²) in [6, 6.07) is 8.83. The first-order valence-electron chi connectivity index (χ1n) is 11.1. The fourth-order valence-corrected chi connectivity index (χ4v) is 4.39. The maximum atomic E-state index is 13.3. The number of aryl methyl sites for hydroxylation is 3. The van der Waals surface area contributed by atoms with Crippen molar-refractivity contribution < 1.29 is 14.0 Å². The lowest BCUT2D eigenvalue weighted by Crippen LogP contribution is -2.31. The Bertz CT molecular complexity index is 936. The van der Waals surface area contributed by atoms with E-state index in [2.05, 4.69) is 10.3 Å². The van der Waals surface area contributed by atoms with Crippen molar-refractivity contribution in [3.05, 3.63) is 64.2 Å². The molecular weight excluding hydrogens is 393 g/mol. The highest BCUT2D eigenvalue weighted by Gasteiger charge is 2.24. The van der Waals surface area contributed by atoms with Crippen LogP contribution in [0.1, 0.15) is 77.3 Å². The van der Waals surface area contributed by atoms with Crippen LogP contribution in [0.15, 0.2) is 30.3 Å². The second-order valence-electron chi connectivity index (χ2n) is 8.69. The van der Waals surface area contributed by atoms with Crippen molar-refractivity contribution in [1.82, 2.24) is 10.3 Å². The van der Waals surface area contributed by atoms with Gasteiger partial charge in [0, 0.05) is 24.6 Å².